The lowest BCUT2D eigenvalue weighted by molar-refractivity contribution is -0.0874. The maximum absolute atomic E-state index is 6.20. The third-order valence-corrected chi connectivity index (χ3v) is 9.28. The van der Waals surface area contributed by atoms with Crippen molar-refractivity contribution in [3.63, 3.8) is 0 Å². The Hall–Kier alpha value is -0.930. The van der Waals surface area contributed by atoms with Crippen molar-refractivity contribution in [3.8, 4) is 0 Å². The highest BCUT2D eigenvalue weighted by molar-refractivity contribution is 7.80. The van der Waals surface area contributed by atoms with Crippen LogP contribution in [0.1, 0.15) is 76.7 Å². The maximum atomic E-state index is 6.20. The van der Waals surface area contributed by atoms with E-state index in [0.717, 1.165) is 18.4 Å². The van der Waals surface area contributed by atoms with Gasteiger partial charge in [-0.2, -0.15) is 0 Å². The highest BCUT2D eigenvalue weighted by Gasteiger charge is 2.63. The Morgan fingerprint density at radius 3 is 2.46 bits per heavy atom. The Morgan fingerprint density at radius 1 is 1.04 bits per heavy atom. The molecular weight excluding hydrogens is 360 g/mol. The van der Waals surface area contributed by atoms with Crippen LogP contribution in [0, 0.1) is 22.7 Å². The second-order valence-corrected chi connectivity index (χ2v) is 11.6. The molecule has 1 aromatic rings. The van der Waals surface area contributed by atoms with Crippen molar-refractivity contribution >= 4 is 17.2 Å². The van der Waals surface area contributed by atoms with E-state index in [-0.39, 0.29) is 5.41 Å². The minimum atomic E-state index is 0.226. The molecule has 5 saturated carbocycles. The third-order valence-electron chi connectivity index (χ3n) is 8.73. The molecule has 0 aliphatic heterocycles. The summed E-state index contributed by atoms with van der Waals surface area (Å²) >= 11 is 6.20. The van der Waals surface area contributed by atoms with E-state index in [1.807, 2.05) is 0 Å². The molecule has 0 spiro atoms. The Labute approximate surface area is 176 Å². The zero-order chi connectivity index (χ0) is 19.4. The molecule has 3 heteroatoms. The predicted octanol–water partition coefficient (Wildman–Crippen LogP) is 5.35. The molecule has 152 valence electrons. The molecule has 6 rings (SSSR count). The normalized spacial score (nSPS) is 44.4. The monoisotopic (exact) mass is 396 g/mol. The number of benzene rings is 1. The van der Waals surface area contributed by atoms with Gasteiger partial charge in [-0.15, -0.1) is 0 Å². The fraction of sp³-hybridized carbons (Fsp3) is 0.720. The molecule has 5 fully saturated rings. The van der Waals surface area contributed by atoms with Gasteiger partial charge in [0.2, 0.25) is 0 Å². The summed E-state index contributed by atoms with van der Waals surface area (Å²) < 4.78 is 0. The van der Waals surface area contributed by atoms with Crippen LogP contribution < -0.4 is 11.1 Å². The van der Waals surface area contributed by atoms with Crippen LogP contribution in [0.3, 0.4) is 0 Å². The quantitative estimate of drug-likeness (QED) is 0.674. The van der Waals surface area contributed by atoms with Gasteiger partial charge >= 0.3 is 0 Å². The van der Waals surface area contributed by atoms with Crippen LogP contribution >= 0.6 is 12.2 Å². The average Bonchev–Trinajstić information content (AvgIpc) is 2.67. The summed E-state index contributed by atoms with van der Waals surface area (Å²) in [7, 11) is 0. The van der Waals surface area contributed by atoms with Crippen molar-refractivity contribution in [3.05, 3.63) is 35.9 Å². The molecule has 2 nitrogen and oxygen atoms in total. The van der Waals surface area contributed by atoms with Gasteiger partial charge in [0.1, 0.15) is 0 Å². The molecule has 4 bridgehead atoms. The van der Waals surface area contributed by atoms with Crippen LogP contribution in [-0.4, -0.2) is 17.6 Å². The molecule has 5 aliphatic carbocycles. The number of thiocarbonyl (C=S) groups is 1. The molecule has 0 amide bonds. The van der Waals surface area contributed by atoms with Crippen LogP contribution in [0.4, 0.5) is 0 Å². The lowest BCUT2D eigenvalue weighted by Crippen LogP contribution is -2.62. The summed E-state index contributed by atoms with van der Waals surface area (Å²) in [4.78, 5) is 1.21. The van der Waals surface area contributed by atoms with Crippen LogP contribution in [-0.2, 0) is 5.41 Å². The number of rotatable bonds is 4. The summed E-state index contributed by atoms with van der Waals surface area (Å²) in [6.07, 6.45) is 13.0. The highest BCUT2D eigenvalue weighted by Crippen LogP contribution is 2.70. The molecule has 0 radical (unpaired) electrons. The van der Waals surface area contributed by atoms with Crippen molar-refractivity contribution in [2.75, 3.05) is 6.54 Å². The molecule has 28 heavy (non-hydrogen) atoms. The van der Waals surface area contributed by atoms with Gasteiger partial charge in [0.15, 0.2) is 0 Å². The topological polar surface area (TPSA) is 38.0 Å². The standard InChI is InChI=1S/C25H36N2S/c1-23-11-19-12-24(15-23,20-5-3-2-4-6-20)17-25(13-19,16-23)22(28)27-21-9-7-18(14-26)8-10-21/h2-6,18-19,21H,7-17,26H2,1H3,(H,27,28)/t18?,19?,21?,23-,24-,25?/m1/s1. The third kappa shape index (κ3) is 3.13. The second kappa shape index (κ2) is 6.80. The van der Waals surface area contributed by atoms with Crippen LogP contribution in [0.2, 0.25) is 0 Å². The Kier molecular flexibility index (Phi) is 4.63. The molecule has 5 aliphatic rings. The minimum absolute atomic E-state index is 0.226. The van der Waals surface area contributed by atoms with Crippen LogP contribution in [0.5, 0.6) is 0 Å². The first-order valence-electron chi connectivity index (χ1n) is 11.5. The molecule has 4 atom stereocenters. The summed E-state index contributed by atoms with van der Waals surface area (Å²) in [5, 5.41) is 3.90. The smallest absolute Gasteiger partial charge is 0.0818 e. The average molecular weight is 397 g/mol. The van der Waals surface area contributed by atoms with Gasteiger partial charge < -0.3 is 11.1 Å². The SMILES string of the molecule is C[C@]12CC3CC(C(=S)NC4CCC(CN)CC4)(C1)C[C@@](c1ccccc1)(C3)C2. The van der Waals surface area contributed by atoms with E-state index < -0.39 is 0 Å². The van der Waals surface area contributed by atoms with E-state index in [1.165, 1.54) is 69.2 Å². The molecule has 0 aromatic heterocycles. The first-order chi connectivity index (χ1) is 13.4. The van der Waals surface area contributed by atoms with Gasteiger partial charge in [0.25, 0.3) is 0 Å². The molecular formula is C25H36N2S. The fourth-order valence-electron chi connectivity index (χ4n) is 8.17. The van der Waals surface area contributed by atoms with E-state index >= 15 is 0 Å². The van der Waals surface area contributed by atoms with Gasteiger partial charge in [0, 0.05) is 11.5 Å². The van der Waals surface area contributed by atoms with Gasteiger partial charge in [0.05, 0.1) is 4.99 Å². The number of nitrogens with two attached hydrogens (primary N) is 1. The second-order valence-electron chi connectivity index (χ2n) is 11.2. The number of nitrogens with one attached hydrogen (secondary N) is 1. The first-order valence-corrected chi connectivity index (χ1v) is 11.9. The lowest BCUT2D eigenvalue weighted by atomic mass is 9.39. The van der Waals surface area contributed by atoms with Gasteiger partial charge in [-0.3, -0.25) is 0 Å². The predicted molar refractivity (Wildman–Crippen MR) is 120 cm³/mol. The van der Waals surface area contributed by atoms with Crippen LogP contribution in [0.15, 0.2) is 30.3 Å². The van der Waals surface area contributed by atoms with E-state index in [1.54, 1.807) is 5.56 Å². The molecule has 2 unspecified atom stereocenters. The Morgan fingerprint density at radius 2 is 1.79 bits per heavy atom. The fourth-order valence-corrected chi connectivity index (χ4v) is 8.56. The Bertz CT molecular complexity index is 740. The largest absolute Gasteiger partial charge is 0.376 e. The van der Waals surface area contributed by atoms with Crippen molar-refractivity contribution in [2.24, 2.45) is 28.4 Å². The van der Waals surface area contributed by atoms with Gasteiger partial charge in [-0.25, -0.2) is 0 Å². The Balaban J connectivity index is 1.39. The summed E-state index contributed by atoms with van der Waals surface area (Å²) in [6.45, 7) is 3.40. The molecule has 1 aromatic carbocycles. The van der Waals surface area contributed by atoms with E-state index in [0.29, 0.717) is 16.9 Å². The number of hydrogen-bond donors (Lipinski definition) is 2. The first kappa shape index (κ1) is 19.1. The van der Waals surface area contributed by atoms with Gasteiger partial charge in [-0.05, 0) is 99.0 Å². The maximum Gasteiger partial charge on any atom is 0.0818 e. The van der Waals surface area contributed by atoms with Crippen molar-refractivity contribution in [2.45, 2.75) is 82.6 Å². The highest BCUT2D eigenvalue weighted by atomic mass is 32.1. The zero-order valence-corrected chi connectivity index (χ0v) is 18.2. The zero-order valence-electron chi connectivity index (χ0n) is 17.4. The minimum Gasteiger partial charge on any atom is -0.376 e. The van der Waals surface area contributed by atoms with Crippen LogP contribution in [0.25, 0.3) is 0 Å². The van der Waals surface area contributed by atoms with E-state index in [2.05, 4.69) is 42.6 Å². The summed E-state index contributed by atoms with van der Waals surface area (Å²) in [6, 6.07) is 12.0. The van der Waals surface area contributed by atoms with E-state index in [4.69, 9.17) is 18.0 Å². The van der Waals surface area contributed by atoms with Gasteiger partial charge in [-0.1, -0.05) is 49.5 Å². The molecule has 3 N–H and O–H groups in total. The van der Waals surface area contributed by atoms with Crippen molar-refractivity contribution < 1.29 is 0 Å². The van der Waals surface area contributed by atoms with E-state index in [9.17, 15) is 0 Å². The van der Waals surface area contributed by atoms with Crippen molar-refractivity contribution in [1.29, 1.82) is 0 Å². The molecule has 0 saturated heterocycles. The summed E-state index contributed by atoms with van der Waals surface area (Å²) in [5.74, 6) is 1.57. The van der Waals surface area contributed by atoms with Crippen molar-refractivity contribution in [1.82, 2.24) is 5.32 Å². The number of hydrogen-bond acceptors (Lipinski definition) is 2. The lowest BCUT2D eigenvalue weighted by Gasteiger charge is -2.66. The summed E-state index contributed by atoms with van der Waals surface area (Å²) in [5.41, 5.74) is 8.49. The molecule has 0 heterocycles.